The zero-order valence-electron chi connectivity index (χ0n) is 20.3. The van der Waals surface area contributed by atoms with E-state index in [1.807, 2.05) is 60.7 Å². The van der Waals surface area contributed by atoms with Gasteiger partial charge in [-0.3, -0.25) is 9.59 Å². The van der Waals surface area contributed by atoms with Gasteiger partial charge in [0.15, 0.2) is 0 Å². The molecule has 0 atom stereocenters. The van der Waals surface area contributed by atoms with Gasteiger partial charge in [-0.15, -0.1) is 0 Å². The number of amides is 1. The Morgan fingerprint density at radius 1 is 0.946 bits per heavy atom. The van der Waals surface area contributed by atoms with Crippen LogP contribution in [-0.4, -0.2) is 38.0 Å². The molecule has 37 heavy (non-hydrogen) atoms. The van der Waals surface area contributed by atoms with Crippen LogP contribution in [0.4, 0.5) is 0 Å². The van der Waals surface area contributed by atoms with Crippen LogP contribution in [0.3, 0.4) is 0 Å². The lowest BCUT2D eigenvalue weighted by atomic mass is 10.2. The molecule has 2 heterocycles. The van der Waals surface area contributed by atoms with Crippen molar-refractivity contribution >= 4 is 16.8 Å². The van der Waals surface area contributed by atoms with Gasteiger partial charge in [0, 0.05) is 24.9 Å². The fourth-order valence-electron chi connectivity index (χ4n) is 4.01. The molecule has 186 valence electrons. The Morgan fingerprint density at radius 3 is 2.49 bits per heavy atom. The molecule has 9 nitrogen and oxygen atoms in total. The first kappa shape index (κ1) is 23.9. The minimum absolute atomic E-state index is 0.121. The van der Waals surface area contributed by atoms with Gasteiger partial charge in [-0.1, -0.05) is 47.6 Å². The van der Waals surface area contributed by atoms with Crippen molar-refractivity contribution in [1.29, 1.82) is 0 Å². The highest BCUT2D eigenvalue weighted by Crippen LogP contribution is 2.20. The highest BCUT2D eigenvalue weighted by atomic mass is 16.5. The average Bonchev–Trinajstić information content (AvgIpc) is 3.41. The van der Waals surface area contributed by atoms with Crippen molar-refractivity contribution in [2.75, 3.05) is 7.11 Å². The number of nitrogens with one attached hydrogen (secondary N) is 1. The van der Waals surface area contributed by atoms with Gasteiger partial charge < -0.3 is 19.1 Å². The fourth-order valence-corrected chi connectivity index (χ4v) is 4.01. The summed E-state index contributed by atoms with van der Waals surface area (Å²) in [6, 6.07) is 24.1. The molecule has 0 unspecified atom stereocenters. The monoisotopic (exact) mass is 495 g/mol. The second kappa shape index (κ2) is 10.9. The molecule has 2 aromatic heterocycles. The molecule has 1 N–H and O–H groups in total. The number of ether oxygens (including phenoxy) is 1. The molecule has 0 aliphatic heterocycles. The highest BCUT2D eigenvalue weighted by molar-refractivity contribution is 5.78. The number of aryl methyl sites for hydroxylation is 1. The third kappa shape index (κ3) is 5.72. The van der Waals surface area contributed by atoms with Gasteiger partial charge in [0.05, 0.1) is 24.6 Å². The number of hydrogen-bond acceptors (Lipinski definition) is 7. The van der Waals surface area contributed by atoms with E-state index in [2.05, 4.69) is 20.1 Å². The topological polar surface area (TPSA) is 114 Å². The summed E-state index contributed by atoms with van der Waals surface area (Å²) in [6.45, 7) is 0.534. The van der Waals surface area contributed by atoms with Gasteiger partial charge in [0.2, 0.25) is 17.6 Å². The van der Waals surface area contributed by atoms with Crippen LogP contribution in [0.2, 0.25) is 0 Å². The minimum Gasteiger partial charge on any atom is -0.497 e. The van der Waals surface area contributed by atoms with Crippen LogP contribution in [0.15, 0.2) is 88.2 Å². The number of hydrogen-bond donors (Lipinski definition) is 1. The number of benzene rings is 3. The molecule has 0 aliphatic rings. The maximum atomic E-state index is 13.3. The second-order valence-corrected chi connectivity index (χ2v) is 8.51. The van der Waals surface area contributed by atoms with E-state index in [0.29, 0.717) is 35.0 Å². The van der Waals surface area contributed by atoms with Crippen LogP contribution in [0.25, 0.3) is 22.3 Å². The van der Waals surface area contributed by atoms with E-state index in [4.69, 9.17) is 9.26 Å². The van der Waals surface area contributed by atoms with Crippen LogP contribution in [0.1, 0.15) is 23.7 Å². The Hall–Kier alpha value is -4.79. The third-order valence-corrected chi connectivity index (χ3v) is 5.94. The van der Waals surface area contributed by atoms with Crippen molar-refractivity contribution in [2.45, 2.75) is 25.9 Å². The maximum absolute atomic E-state index is 13.3. The Kier molecular flexibility index (Phi) is 7.02. The van der Waals surface area contributed by atoms with Crippen molar-refractivity contribution in [3.05, 3.63) is 106 Å². The fraction of sp³-hybridized carbons (Fsp3) is 0.179. The van der Waals surface area contributed by atoms with Crippen LogP contribution < -0.4 is 10.3 Å². The van der Waals surface area contributed by atoms with Crippen LogP contribution >= 0.6 is 0 Å². The predicted octanol–water partition coefficient (Wildman–Crippen LogP) is 4.14. The van der Waals surface area contributed by atoms with E-state index in [1.165, 1.54) is 0 Å². The van der Waals surface area contributed by atoms with E-state index in [-0.39, 0.29) is 30.9 Å². The summed E-state index contributed by atoms with van der Waals surface area (Å²) < 4.78 is 10.6. The lowest BCUT2D eigenvalue weighted by Gasteiger charge is -2.22. The smallest absolute Gasteiger partial charge is 0.258 e. The van der Waals surface area contributed by atoms with Crippen molar-refractivity contribution in [3.63, 3.8) is 0 Å². The van der Waals surface area contributed by atoms with Crippen molar-refractivity contribution in [3.8, 4) is 17.1 Å². The Labute approximate surface area is 212 Å². The van der Waals surface area contributed by atoms with Crippen molar-refractivity contribution < 1.29 is 14.1 Å². The summed E-state index contributed by atoms with van der Waals surface area (Å²) in [6.07, 6.45) is 0.448. The second-order valence-electron chi connectivity index (χ2n) is 8.51. The first-order valence-corrected chi connectivity index (χ1v) is 11.9. The molecule has 5 aromatic rings. The SMILES string of the molecule is COc1ccc(-c2noc(CCC(=O)N(Cc3ccccc3)Cc3nc4ccccc4c(=O)[nH]3)n2)cc1. The van der Waals surface area contributed by atoms with Gasteiger partial charge in [0.25, 0.3) is 5.56 Å². The van der Waals surface area contributed by atoms with E-state index in [9.17, 15) is 9.59 Å². The molecular weight excluding hydrogens is 470 g/mol. The Balaban J connectivity index is 1.31. The molecule has 0 saturated heterocycles. The minimum atomic E-state index is -0.232. The predicted molar refractivity (Wildman–Crippen MR) is 138 cm³/mol. The van der Waals surface area contributed by atoms with E-state index < -0.39 is 0 Å². The first-order chi connectivity index (χ1) is 18.1. The largest absolute Gasteiger partial charge is 0.497 e. The van der Waals surface area contributed by atoms with Crippen LogP contribution in [0, 0.1) is 0 Å². The number of aromatic nitrogens is 4. The highest BCUT2D eigenvalue weighted by Gasteiger charge is 2.18. The summed E-state index contributed by atoms with van der Waals surface area (Å²) in [4.78, 5) is 39.3. The molecule has 0 aliphatic carbocycles. The first-order valence-electron chi connectivity index (χ1n) is 11.9. The quantitative estimate of drug-likeness (QED) is 0.327. The maximum Gasteiger partial charge on any atom is 0.258 e. The summed E-state index contributed by atoms with van der Waals surface area (Å²) in [5.41, 5.74) is 2.12. The Morgan fingerprint density at radius 2 is 1.70 bits per heavy atom. The summed E-state index contributed by atoms with van der Waals surface area (Å²) >= 11 is 0. The Bertz CT molecular complexity index is 1560. The van der Waals surface area contributed by atoms with Crippen LogP contribution in [-0.2, 0) is 24.3 Å². The molecule has 9 heteroatoms. The van der Waals surface area contributed by atoms with Crippen LogP contribution in [0.5, 0.6) is 5.75 Å². The van der Waals surface area contributed by atoms with E-state index in [0.717, 1.165) is 16.9 Å². The molecular formula is C28H25N5O4. The van der Waals surface area contributed by atoms with Crippen molar-refractivity contribution in [2.24, 2.45) is 0 Å². The number of carbonyl (C=O) groups excluding carboxylic acids is 1. The molecule has 0 radical (unpaired) electrons. The van der Waals surface area contributed by atoms with Gasteiger partial charge in [-0.2, -0.15) is 4.98 Å². The van der Waals surface area contributed by atoms with E-state index >= 15 is 0 Å². The van der Waals surface area contributed by atoms with E-state index in [1.54, 1.807) is 30.2 Å². The zero-order valence-corrected chi connectivity index (χ0v) is 20.3. The van der Waals surface area contributed by atoms with Gasteiger partial charge in [0.1, 0.15) is 11.6 Å². The molecule has 0 fully saturated rings. The zero-order chi connectivity index (χ0) is 25.6. The number of carbonyl (C=O) groups is 1. The number of nitrogens with zero attached hydrogens (tertiary/aromatic N) is 4. The standard InChI is InChI=1S/C28H25N5O4/c1-36-21-13-11-20(12-14-21)27-31-25(37-32-27)15-16-26(34)33(17-19-7-3-2-4-8-19)18-24-29-23-10-6-5-9-22(23)28(35)30-24/h2-14H,15-18H2,1H3,(H,29,30,35). The number of fused-ring (bicyclic) bond motifs is 1. The molecule has 0 spiro atoms. The molecule has 3 aromatic carbocycles. The number of methoxy groups -OCH3 is 1. The lowest BCUT2D eigenvalue weighted by molar-refractivity contribution is -0.132. The number of aromatic amines is 1. The molecule has 1 amide bonds. The number of para-hydroxylation sites is 1. The van der Waals surface area contributed by atoms with Crippen molar-refractivity contribution in [1.82, 2.24) is 25.0 Å². The van der Waals surface area contributed by atoms with Gasteiger partial charge in [-0.05, 0) is 42.0 Å². The van der Waals surface area contributed by atoms with Gasteiger partial charge >= 0.3 is 0 Å². The lowest BCUT2D eigenvalue weighted by Crippen LogP contribution is -2.32. The molecule has 5 rings (SSSR count). The van der Waals surface area contributed by atoms with Gasteiger partial charge in [-0.25, -0.2) is 4.98 Å². The average molecular weight is 496 g/mol. The number of rotatable bonds is 9. The number of H-pyrrole nitrogens is 1. The molecule has 0 saturated carbocycles. The molecule has 0 bridgehead atoms. The third-order valence-electron chi connectivity index (χ3n) is 5.94. The summed E-state index contributed by atoms with van der Waals surface area (Å²) in [5.74, 6) is 1.86. The summed E-state index contributed by atoms with van der Waals surface area (Å²) in [7, 11) is 1.60. The summed E-state index contributed by atoms with van der Waals surface area (Å²) in [5, 5.41) is 4.55. The normalized spacial score (nSPS) is 10.9.